The third kappa shape index (κ3) is 4.20. The molecule has 5 nitrogen and oxygen atoms in total. The fraction of sp³-hybridized carbons (Fsp3) is 0.235. The van der Waals surface area contributed by atoms with E-state index in [1.54, 1.807) is 6.07 Å². The molecule has 0 saturated heterocycles. The summed E-state index contributed by atoms with van der Waals surface area (Å²) in [6, 6.07) is 10.3. The number of anilines is 1. The maximum atomic E-state index is 12.9. The minimum atomic E-state index is -3.75. The van der Waals surface area contributed by atoms with E-state index >= 15 is 0 Å². The largest absolute Gasteiger partial charge is 0.325 e. The Balaban J connectivity index is 1.79. The van der Waals surface area contributed by atoms with Crippen LogP contribution in [-0.4, -0.2) is 20.1 Å². The van der Waals surface area contributed by atoms with Gasteiger partial charge in [-0.25, -0.2) is 17.5 Å². The molecule has 3 rings (SSSR count). The lowest BCUT2D eigenvalue weighted by atomic mass is 10.2. The lowest BCUT2D eigenvalue weighted by Crippen LogP contribution is -2.24. The van der Waals surface area contributed by atoms with Crippen molar-refractivity contribution in [2.45, 2.75) is 23.3 Å². The molecule has 0 saturated carbocycles. The summed E-state index contributed by atoms with van der Waals surface area (Å²) in [6.07, 6.45) is 0. The Morgan fingerprint density at radius 1 is 1.24 bits per heavy atom. The molecule has 1 aliphatic rings. The highest BCUT2D eigenvalue weighted by molar-refractivity contribution is 7.99. The first-order chi connectivity index (χ1) is 11.8. The smallest absolute Gasteiger partial charge is 0.240 e. The first kappa shape index (κ1) is 17.9. The zero-order valence-electron chi connectivity index (χ0n) is 13.5. The van der Waals surface area contributed by atoms with Crippen molar-refractivity contribution in [3.05, 3.63) is 53.8 Å². The second-order valence-electron chi connectivity index (χ2n) is 5.81. The summed E-state index contributed by atoms with van der Waals surface area (Å²) < 4.78 is 40.4. The van der Waals surface area contributed by atoms with Gasteiger partial charge in [0.2, 0.25) is 15.9 Å². The Hall–Kier alpha value is -1.90. The summed E-state index contributed by atoms with van der Waals surface area (Å²) in [6.45, 7) is 1.88. The number of hydrogen-bond acceptors (Lipinski definition) is 4. The fourth-order valence-corrected chi connectivity index (χ4v) is 4.36. The van der Waals surface area contributed by atoms with Crippen molar-refractivity contribution in [3.63, 3.8) is 0 Å². The van der Waals surface area contributed by atoms with Crippen LogP contribution in [0.15, 0.2) is 52.3 Å². The zero-order valence-corrected chi connectivity index (χ0v) is 15.1. The van der Waals surface area contributed by atoms with Crippen LogP contribution >= 0.6 is 11.8 Å². The number of benzene rings is 2. The van der Waals surface area contributed by atoms with Gasteiger partial charge >= 0.3 is 0 Å². The van der Waals surface area contributed by atoms with Gasteiger partial charge in [-0.3, -0.25) is 4.79 Å². The molecule has 0 aromatic heterocycles. The van der Waals surface area contributed by atoms with E-state index in [0.29, 0.717) is 17.0 Å². The quantitative estimate of drug-likeness (QED) is 0.855. The van der Waals surface area contributed by atoms with E-state index in [4.69, 9.17) is 0 Å². The maximum Gasteiger partial charge on any atom is 0.240 e. The van der Waals surface area contributed by atoms with Gasteiger partial charge in [0.15, 0.2) is 0 Å². The molecule has 2 N–H and O–H groups in total. The molecule has 0 spiro atoms. The monoisotopic (exact) mass is 380 g/mol. The lowest BCUT2D eigenvalue weighted by Gasteiger charge is -2.11. The number of rotatable bonds is 4. The first-order valence-corrected chi connectivity index (χ1v) is 10.1. The molecule has 0 fully saturated rings. The van der Waals surface area contributed by atoms with Crippen molar-refractivity contribution in [1.29, 1.82) is 0 Å². The van der Waals surface area contributed by atoms with E-state index in [0.717, 1.165) is 4.90 Å². The highest BCUT2D eigenvalue weighted by atomic mass is 32.2. The van der Waals surface area contributed by atoms with Gasteiger partial charge in [-0.15, -0.1) is 11.8 Å². The Kier molecular flexibility index (Phi) is 5.12. The molecule has 1 aliphatic heterocycles. The van der Waals surface area contributed by atoms with Crippen LogP contribution in [0.25, 0.3) is 0 Å². The summed E-state index contributed by atoms with van der Waals surface area (Å²) in [5, 5.41) is 2.77. The number of carbonyl (C=O) groups excluding carboxylic acids is 1. The molecule has 0 bridgehead atoms. The zero-order chi connectivity index (χ0) is 18.0. The molecule has 0 aliphatic carbocycles. The molecule has 1 atom stereocenters. The fourth-order valence-electron chi connectivity index (χ4n) is 2.31. The van der Waals surface area contributed by atoms with E-state index < -0.39 is 10.0 Å². The molecule has 2 aromatic rings. The molecule has 1 amide bonds. The SMILES string of the molecule is C[C@@H]1CSc2ccc(S(=O)(=O)NCc3ccc(F)cc3)cc2NC1=O. The number of halogens is 1. The van der Waals surface area contributed by atoms with Crippen molar-refractivity contribution < 1.29 is 17.6 Å². The first-order valence-electron chi connectivity index (χ1n) is 7.67. The summed E-state index contributed by atoms with van der Waals surface area (Å²) in [7, 11) is -3.75. The Labute approximate surface area is 150 Å². The van der Waals surface area contributed by atoms with Crippen LogP contribution in [0.4, 0.5) is 10.1 Å². The topological polar surface area (TPSA) is 75.3 Å². The lowest BCUT2D eigenvalue weighted by molar-refractivity contribution is -0.118. The van der Waals surface area contributed by atoms with Crippen LogP contribution in [-0.2, 0) is 21.4 Å². The number of sulfonamides is 1. The average molecular weight is 380 g/mol. The Bertz CT molecular complexity index is 899. The minimum absolute atomic E-state index is 0.0534. The molecule has 25 heavy (non-hydrogen) atoms. The summed E-state index contributed by atoms with van der Waals surface area (Å²) in [5.74, 6) is 0.00209. The predicted molar refractivity (Wildman–Crippen MR) is 95.4 cm³/mol. The van der Waals surface area contributed by atoms with Gasteiger partial charge in [-0.1, -0.05) is 19.1 Å². The normalized spacial score (nSPS) is 17.5. The van der Waals surface area contributed by atoms with Gasteiger partial charge in [0.25, 0.3) is 0 Å². The molecule has 0 radical (unpaired) electrons. The van der Waals surface area contributed by atoms with Gasteiger partial charge < -0.3 is 5.32 Å². The van der Waals surface area contributed by atoms with E-state index in [1.165, 1.54) is 48.2 Å². The number of fused-ring (bicyclic) bond motifs is 1. The Morgan fingerprint density at radius 2 is 1.96 bits per heavy atom. The summed E-state index contributed by atoms with van der Waals surface area (Å²) >= 11 is 1.52. The van der Waals surface area contributed by atoms with Gasteiger partial charge in [0.1, 0.15) is 5.82 Å². The Morgan fingerprint density at radius 3 is 2.68 bits per heavy atom. The second-order valence-corrected chi connectivity index (χ2v) is 8.64. The number of amides is 1. The molecule has 2 aromatic carbocycles. The number of nitrogens with one attached hydrogen (secondary N) is 2. The van der Waals surface area contributed by atoms with Crippen LogP contribution in [0.2, 0.25) is 0 Å². The van der Waals surface area contributed by atoms with Crippen LogP contribution in [0.5, 0.6) is 0 Å². The summed E-state index contributed by atoms with van der Waals surface area (Å²) in [4.78, 5) is 12.9. The van der Waals surface area contributed by atoms with E-state index in [-0.39, 0.29) is 29.1 Å². The van der Waals surface area contributed by atoms with Crippen molar-refractivity contribution in [3.8, 4) is 0 Å². The van der Waals surface area contributed by atoms with Crippen LogP contribution in [0, 0.1) is 11.7 Å². The van der Waals surface area contributed by atoms with Gasteiger partial charge in [0.05, 0.1) is 10.6 Å². The average Bonchev–Trinajstić information content (AvgIpc) is 2.73. The van der Waals surface area contributed by atoms with E-state index in [9.17, 15) is 17.6 Å². The van der Waals surface area contributed by atoms with Crippen LogP contribution in [0.3, 0.4) is 0 Å². The van der Waals surface area contributed by atoms with Gasteiger partial charge in [0, 0.05) is 23.1 Å². The van der Waals surface area contributed by atoms with E-state index in [1.807, 2.05) is 6.92 Å². The number of thioether (sulfide) groups is 1. The maximum absolute atomic E-state index is 12.9. The van der Waals surface area contributed by atoms with Crippen LogP contribution in [0.1, 0.15) is 12.5 Å². The van der Waals surface area contributed by atoms with Crippen LogP contribution < -0.4 is 10.0 Å². The number of carbonyl (C=O) groups is 1. The number of hydrogen-bond donors (Lipinski definition) is 2. The molecule has 0 unspecified atom stereocenters. The molecule has 1 heterocycles. The predicted octanol–water partition coefficient (Wildman–Crippen LogP) is 2.98. The standard InChI is InChI=1S/C17H17FN2O3S2/c1-11-10-24-16-7-6-14(8-15(16)20-17(11)21)25(22,23)19-9-12-2-4-13(18)5-3-12/h2-8,11,19H,9-10H2,1H3,(H,20,21)/t11-/m1/s1. The van der Waals surface area contributed by atoms with Crippen molar-refractivity contribution in [2.75, 3.05) is 11.1 Å². The van der Waals surface area contributed by atoms with Crippen molar-refractivity contribution >= 4 is 33.4 Å². The summed E-state index contributed by atoms with van der Waals surface area (Å²) in [5.41, 5.74) is 1.15. The van der Waals surface area contributed by atoms with Gasteiger partial charge in [-0.2, -0.15) is 0 Å². The molecular formula is C17H17FN2O3S2. The third-order valence-corrected chi connectivity index (χ3v) is 6.57. The third-order valence-electron chi connectivity index (χ3n) is 3.84. The van der Waals surface area contributed by atoms with Crippen molar-refractivity contribution in [2.24, 2.45) is 5.92 Å². The highest BCUT2D eigenvalue weighted by Crippen LogP contribution is 2.34. The highest BCUT2D eigenvalue weighted by Gasteiger charge is 2.22. The second kappa shape index (κ2) is 7.15. The minimum Gasteiger partial charge on any atom is -0.325 e. The molecule has 8 heteroatoms. The van der Waals surface area contributed by atoms with Gasteiger partial charge in [-0.05, 0) is 35.9 Å². The molecule has 132 valence electrons. The van der Waals surface area contributed by atoms with Crippen molar-refractivity contribution in [1.82, 2.24) is 4.72 Å². The molecular weight excluding hydrogens is 363 g/mol. The van der Waals surface area contributed by atoms with E-state index in [2.05, 4.69) is 10.0 Å².